The fraction of sp³-hybridized carbons (Fsp3) is 0.0625. The van der Waals surface area contributed by atoms with Crippen molar-refractivity contribution >= 4 is 16.9 Å². The second-order valence-corrected chi connectivity index (χ2v) is 4.73. The number of phenols is 1. The van der Waals surface area contributed by atoms with Crippen molar-refractivity contribution in [3.8, 4) is 17.1 Å². The average molecular weight is 312 g/mol. The fourth-order valence-corrected chi connectivity index (χ4v) is 2.15. The highest BCUT2D eigenvalue weighted by molar-refractivity contribution is 5.89. The standard InChI is InChI=1S/C16H12N2O5/c1-22-23-16(21)10-4-2-9(3-5-10)14-17-13-7-6-11(19)8-12(13)15(20)18-14/h2-8,19H,1H3,(H,17,18,20). The molecule has 0 saturated heterocycles. The van der Waals surface area contributed by atoms with E-state index in [9.17, 15) is 14.7 Å². The van der Waals surface area contributed by atoms with E-state index in [1.165, 1.54) is 31.4 Å². The zero-order valence-corrected chi connectivity index (χ0v) is 12.1. The van der Waals surface area contributed by atoms with Gasteiger partial charge < -0.3 is 10.1 Å². The topological polar surface area (TPSA) is 102 Å². The number of fused-ring (bicyclic) bond motifs is 1. The molecular formula is C16H12N2O5. The summed E-state index contributed by atoms with van der Waals surface area (Å²) in [6.07, 6.45) is 0. The molecule has 0 amide bonds. The van der Waals surface area contributed by atoms with Crippen LogP contribution in [0, 0.1) is 0 Å². The predicted octanol–water partition coefficient (Wildman–Crippen LogP) is 2.01. The van der Waals surface area contributed by atoms with E-state index in [0.717, 1.165) is 0 Å². The molecule has 0 aliphatic carbocycles. The van der Waals surface area contributed by atoms with Gasteiger partial charge in [0.05, 0.1) is 23.6 Å². The molecule has 0 unspecified atom stereocenters. The maximum absolute atomic E-state index is 12.1. The van der Waals surface area contributed by atoms with E-state index in [2.05, 4.69) is 19.7 Å². The van der Waals surface area contributed by atoms with Crippen molar-refractivity contribution in [1.29, 1.82) is 0 Å². The minimum absolute atomic E-state index is 0.00133. The quantitative estimate of drug-likeness (QED) is 0.566. The van der Waals surface area contributed by atoms with Crippen molar-refractivity contribution in [2.24, 2.45) is 0 Å². The van der Waals surface area contributed by atoms with Crippen molar-refractivity contribution < 1.29 is 19.7 Å². The van der Waals surface area contributed by atoms with Gasteiger partial charge in [0.2, 0.25) is 0 Å². The molecule has 0 aliphatic rings. The van der Waals surface area contributed by atoms with Crippen molar-refractivity contribution in [2.75, 3.05) is 7.11 Å². The second-order valence-electron chi connectivity index (χ2n) is 4.73. The van der Waals surface area contributed by atoms with Gasteiger partial charge in [-0.3, -0.25) is 9.68 Å². The van der Waals surface area contributed by atoms with Crippen molar-refractivity contribution in [3.05, 3.63) is 58.4 Å². The maximum Gasteiger partial charge on any atom is 0.373 e. The van der Waals surface area contributed by atoms with Crippen LogP contribution in [0.15, 0.2) is 47.3 Å². The Balaban J connectivity index is 2.02. The zero-order valence-electron chi connectivity index (χ0n) is 12.1. The lowest BCUT2D eigenvalue weighted by molar-refractivity contribution is -0.216. The molecule has 3 rings (SSSR count). The van der Waals surface area contributed by atoms with Gasteiger partial charge in [-0.1, -0.05) is 12.1 Å². The summed E-state index contributed by atoms with van der Waals surface area (Å²) >= 11 is 0. The number of aromatic hydroxyl groups is 1. The molecule has 23 heavy (non-hydrogen) atoms. The minimum atomic E-state index is -0.616. The Morgan fingerprint density at radius 2 is 1.91 bits per heavy atom. The van der Waals surface area contributed by atoms with Gasteiger partial charge >= 0.3 is 5.97 Å². The van der Waals surface area contributed by atoms with Crippen LogP contribution in [-0.4, -0.2) is 28.2 Å². The van der Waals surface area contributed by atoms with Gasteiger partial charge in [-0.15, -0.1) is 0 Å². The predicted molar refractivity (Wildman–Crippen MR) is 81.9 cm³/mol. The highest BCUT2D eigenvalue weighted by atomic mass is 17.2. The highest BCUT2D eigenvalue weighted by Gasteiger charge is 2.10. The van der Waals surface area contributed by atoms with Gasteiger partial charge in [0.15, 0.2) is 0 Å². The van der Waals surface area contributed by atoms with Crippen molar-refractivity contribution in [2.45, 2.75) is 0 Å². The Morgan fingerprint density at radius 3 is 2.61 bits per heavy atom. The Hall–Kier alpha value is -3.19. The average Bonchev–Trinajstić information content (AvgIpc) is 2.56. The Morgan fingerprint density at radius 1 is 1.17 bits per heavy atom. The molecule has 2 N–H and O–H groups in total. The van der Waals surface area contributed by atoms with E-state index in [-0.39, 0.29) is 11.3 Å². The molecule has 0 fully saturated rings. The lowest BCUT2D eigenvalue weighted by Gasteiger charge is -2.05. The molecule has 0 spiro atoms. The van der Waals surface area contributed by atoms with E-state index < -0.39 is 5.97 Å². The number of rotatable bonds is 3. The molecule has 116 valence electrons. The highest BCUT2D eigenvalue weighted by Crippen LogP contribution is 2.19. The number of aromatic amines is 1. The number of nitrogens with one attached hydrogen (secondary N) is 1. The number of hydrogen-bond donors (Lipinski definition) is 2. The summed E-state index contributed by atoms with van der Waals surface area (Å²) < 4.78 is 0. The Labute approximate surface area is 130 Å². The summed E-state index contributed by atoms with van der Waals surface area (Å²) in [6, 6.07) is 10.7. The SMILES string of the molecule is COOC(=O)c1ccc(-c2nc3ccc(O)cc3c(=O)[nH]2)cc1. The lowest BCUT2D eigenvalue weighted by Crippen LogP contribution is -2.09. The fourth-order valence-electron chi connectivity index (χ4n) is 2.15. The Kier molecular flexibility index (Phi) is 3.78. The Bertz CT molecular complexity index is 931. The number of hydrogen-bond acceptors (Lipinski definition) is 6. The molecule has 0 aliphatic heterocycles. The molecule has 0 bridgehead atoms. The van der Waals surface area contributed by atoms with Gasteiger partial charge in [0.1, 0.15) is 11.6 Å². The van der Waals surface area contributed by atoms with Gasteiger partial charge in [0, 0.05) is 5.56 Å². The monoisotopic (exact) mass is 312 g/mol. The molecule has 0 radical (unpaired) electrons. The van der Waals surface area contributed by atoms with Gasteiger partial charge in [-0.2, -0.15) is 4.89 Å². The number of phenolic OH excluding ortho intramolecular Hbond substituents is 1. The first-order chi connectivity index (χ1) is 11.1. The van der Waals surface area contributed by atoms with Crippen LogP contribution in [0.2, 0.25) is 0 Å². The van der Waals surface area contributed by atoms with Crippen LogP contribution >= 0.6 is 0 Å². The molecule has 1 aromatic heterocycles. The largest absolute Gasteiger partial charge is 0.508 e. The number of aromatic nitrogens is 2. The molecular weight excluding hydrogens is 300 g/mol. The van der Waals surface area contributed by atoms with Crippen LogP contribution in [0.25, 0.3) is 22.3 Å². The summed E-state index contributed by atoms with van der Waals surface area (Å²) in [5.74, 6) is -0.257. The number of carbonyl (C=O) groups is 1. The maximum atomic E-state index is 12.1. The van der Waals surface area contributed by atoms with Crippen LogP contribution in [0.3, 0.4) is 0 Å². The van der Waals surface area contributed by atoms with Gasteiger partial charge in [-0.05, 0) is 30.3 Å². The summed E-state index contributed by atoms with van der Waals surface area (Å²) in [5.41, 5.74) is 1.04. The summed E-state index contributed by atoms with van der Waals surface area (Å²) in [6.45, 7) is 0. The third-order valence-electron chi connectivity index (χ3n) is 3.24. The third kappa shape index (κ3) is 2.90. The zero-order chi connectivity index (χ0) is 16.4. The lowest BCUT2D eigenvalue weighted by atomic mass is 10.1. The van der Waals surface area contributed by atoms with Gasteiger partial charge in [-0.25, -0.2) is 9.78 Å². The molecule has 3 aromatic rings. The number of nitrogens with zero attached hydrogens (tertiary/aromatic N) is 1. The van der Waals surface area contributed by atoms with Gasteiger partial charge in [0.25, 0.3) is 5.56 Å². The molecule has 1 heterocycles. The smallest absolute Gasteiger partial charge is 0.373 e. The summed E-state index contributed by atoms with van der Waals surface area (Å²) in [7, 11) is 1.24. The molecule has 2 aromatic carbocycles. The first-order valence-corrected chi connectivity index (χ1v) is 6.67. The first kappa shape index (κ1) is 14.7. The summed E-state index contributed by atoms with van der Waals surface area (Å²) in [4.78, 5) is 39.3. The third-order valence-corrected chi connectivity index (χ3v) is 3.24. The first-order valence-electron chi connectivity index (χ1n) is 6.67. The van der Waals surface area contributed by atoms with Crippen molar-refractivity contribution in [3.63, 3.8) is 0 Å². The van der Waals surface area contributed by atoms with Crippen LogP contribution in [0.4, 0.5) is 0 Å². The van der Waals surface area contributed by atoms with E-state index in [0.29, 0.717) is 27.9 Å². The second kappa shape index (κ2) is 5.90. The van der Waals surface area contributed by atoms with Crippen LogP contribution in [0.1, 0.15) is 10.4 Å². The number of H-pyrrole nitrogens is 1. The van der Waals surface area contributed by atoms with Crippen LogP contribution < -0.4 is 5.56 Å². The number of benzene rings is 2. The molecule has 0 saturated carbocycles. The van der Waals surface area contributed by atoms with Crippen LogP contribution in [-0.2, 0) is 9.78 Å². The molecule has 0 atom stereocenters. The summed E-state index contributed by atoms with van der Waals surface area (Å²) in [5, 5.41) is 9.73. The minimum Gasteiger partial charge on any atom is -0.508 e. The van der Waals surface area contributed by atoms with E-state index in [1.807, 2.05) is 0 Å². The number of carbonyl (C=O) groups excluding carboxylic acids is 1. The van der Waals surface area contributed by atoms with E-state index in [1.54, 1.807) is 18.2 Å². The van der Waals surface area contributed by atoms with E-state index in [4.69, 9.17) is 0 Å². The van der Waals surface area contributed by atoms with Crippen molar-refractivity contribution in [1.82, 2.24) is 9.97 Å². The molecule has 7 nitrogen and oxygen atoms in total. The van der Waals surface area contributed by atoms with E-state index >= 15 is 0 Å². The molecule has 7 heteroatoms. The normalized spacial score (nSPS) is 10.7. The van der Waals surface area contributed by atoms with Crippen LogP contribution in [0.5, 0.6) is 5.75 Å².